The van der Waals surface area contributed by atoms with Gasteiger partial charge in [-0.25, -0.2) is 0 Å². The van der Waals surface area contributed by atoms with Crippen LogP contribution in [0.25, 0.3) is 0 Å². The summed E-state index contributed by atoms with van der Waals surface area (Å²) in [4.78, 5) is 0. The second-order valence-corrected chi connectivity index (χ2v) is 4.30. The van der Waals surface area contributed by atoms with E-state index in [-0.39, 0.29) is 5.41 Å². The van der Waals surface area contributed by atoms with Crippen LogP contribution in [-0.4, -0.2) is 19.3 Å². The van der Waals surface area contributed by atoms with Crippen LogP contribution >= 0.6 is 0 Å². The topological polar surface area (TPSA) is 35.2 Å². The Morgan fingerprint density at radius 1 is 1.55 bits per heavy atom. The zero-order valence-corrected chi connectivity index (χ0v) is 7.76. The highest BCUT2D eigenvalue weighted by molar-refractivity contribution is 4.85. The Kier molecular flexibility index (Phi) is 2.55. The molecule has 0 amide bonds. The fourth-order valence-corrected chi connectivity index (χ4v) is 2.02. The maximum atomic E-state index is 5.89. The van der Waals surface area contributed by atoms with Crippen LogP contribution in [0.3, 0.4) is 0 Å². The quantitative estimate of drug-likeness (QED) is 0.624. The lowest BCUT2D eigenvalue weighted by Crippen LogP contribution is -2.44. The Balaban J connectivity index is 2.60. The first-order chi connectivity index (χ1) is 5.04. The number of hydrogen-bond donors (Lipinski definition) is 1. The third-order valence-corrected chi connectivity index (χ3v) is 2.69. The zero-order valence-electron chi connectivity index (χ0n) is 7.76. The molecule has 1 saturated heterocycles. The van der Waals surface area contributed by atoms with E-state index in [9.17, 15) is 0 Å². The van der Waals surface area contributed by atoms with E-state index >= 15 is 0 Å². The molecular weight excluding hydrogens is 138 g/mol. The lowest BCUT2D eigenvalue weighted by atomic mass is 9.73. The first-order valence-corrected chi connectivity index (χ1v) is 4.37. The summed E-state index contributed by atoms with van der Waals surface area (Å²) >= 11 is 0. The molecule has 1 aliphatic rings. The fraction of sp³-hybridized carbons (Fsp3) is 1.00. The Morgan fingerprint density at radius 2 is 2.18 bits per heavy atom. The van der Waals surface area contributed by atoms with Crippen LogP contribution in [0, 0.1) is 11.3 Å². The van der Waals surface area contributed by atoms with Gasteiger partial charge in [0.05, 0.1) is 6.61 Å². The van der Waals surface area contributed by atoms with Crippen molar-refractivity contribution in [1.82, 2.24) is 0 Å². The van der Waals surface area contributed by atoms with Crippen LogP contribution in [0.4, 0.5) is 0 Å². The van der Waals surface area contributed by atoms with Crippen LogP contribution in [0.1, 0.15) is 27.2 Å². The minimum atomic E-state index is 0.270. The third-order valence-electron chi connectivity index (χ3n) is 2.69. The Hall–Kier alpha value is -0.0800. The van der Waals surface area contributed by atoms with Crippen molar-refractivity contribution in [3.05, 3.63) is 0 Å². The monoisotopic (exact) mass is 157 g/mol. The maximum absolute atomic E-state index is 5.89. The van der Waals surface area contributed by atoms with Gasteiger partial charge in [-0.3, -0.25) is 0 Å². The predicted octanol–water partition coefficient (Wildman–Crippen LogP) is 1.40. The lowest BCUT2D eigenvalue weighted by molar-refractivity contribution is -0.0380. The molecule has 2 heteroatoms. The first kappa shape index (κ1) is 9.01. The van der Waals surface area contributed by atoms with Gasteiger partial charge >= 0.3 is 0 Å². The molecule has 0 saturated carbocycles. The van der Waals surface area contributed by atoms with Crippen molar-refractivity contribution in [2.24, 2.45) is 17.1 Å². The van der Waals surface area contributed by atoms with Gasteiger partial charge in [-0.05, 0) is 24.7 Å². The highest BCUT2D eigenvalue weighted by Gasteiger charge is 2.34. The summed E-state index contributed by atoms with van der Waals surface area (Å²) in [5.74, 6) is 0.622. The van der Waals surface area contributed by atoms with Gasteiger partial charge in [-0.2, -0.15) is 0 Å². The Labute approximate surface area is 69.1 Å². The molecule has 1 fully saturated rings. The standard InChI is InChI=1S/C9H19NO/c1-7(10)8-4-5-11-6-9(8,2)3/h7-8H,4-6,10H2,1-3H3. The van der Waals surface area contributed by atoms with Gasteiger partial charge < -0.3 is 10.5 Å². The normalized spacial score (nSPS) is 33.3. The summed E-state index contributed by atoms with van der Waals surface area (Å²) in [5.41, 5.74) is 6.16. The number of ether oxygens (including phenoxy) is 1. The van der Waals surface area contributed by atoms with Crippen molar-refractivity contribution in [3.63, 3.8) is 0 Å². The van der Waals surface area contributed by atoms with E-state index in [1.54, 1.807) is 0 Å². The lowest BCUT2D eigenvalue weighted by Gasteiger charge is -2.40. The average molecular weight is 157 g/mol. The van der Waals surface area contributed by atoms with Gasteiger partial charge in [0.25, 0.3) is 0 Å². The third kappa shape index (κ3) is 1.94. The molecule has 0 bridgehead atoms. The van der Waals surface area contributed by atoms with Crippen LogP contribution in [-0.2, 0) is 4.74 Å². The minimum absolute atomic E-state index is 0.270. The Morgan fingerprint density at radius 3 is 2.55 bits per heavy atom. The molecule has 0 aliphatic carbocycles. The number of hydrogen-bond acceptors (Lipinski definition) is 2. The second kappa shape index (κ2) is 3.11. The van der Waals surface area contributed by atoms with Gasteiger partial charge in [-0.1, -0.05) is 13.8 Å². The van der Waals surface area contributed by atoms with Gasteiger partial charge in [0.15, 0.2) is 0 Å². The molecule has 2 N–H and O–H groups in total. The molecule has 0 spiro atoms. The minimum Gasteiger partial charge on any atom is -0.381 e. The van der Waals surface area contributed by atoms with Crippen LogP contribution < -0.4 is 5.73 Å². The van der Waals surface area contributed by atoms with Gasteiger partial charge in [0.1, 0.15) is 0 Å². The molecule has 0 aromatic heterocycles. The summed E-state index contributed by atoms with van der Waals surface area (Å²) in [5, 5.41) is 0. The molecule has 1 aliphatic heterocycles. The largest absolute Gasteiger partial charge is 0.381 e. The van der Waals surface area contributed by atoms with Crippen molar-refractivity contribution < 1.29 is 4.74 Å². The highest BCUT2D eigenvalue weighted by atomic mass is 16.5. The average Bonchev–Trinajstić information content (AvgIpc) is 1.85. The molecule has 1 heterocycles. The molecule has 11 heavy (non-hydrogen) atoms. The molecule has 2 unspecified atom stereocenters. The molecule has 0 aromatic carbocycles. The van der Waals surface area contributed by atoms with Crippen molar-refractivity contribution >= 4 is 0 Å². The molecule has 1 rings (SSSR count). The molecule has 2 atom stereocenters. The van der Waals surface area contributed by atoms with Crippen molar-refractivity contribution in [2.75, 3.05) is 13.2 Å². The van der Waals surface area contributed by atoms with Crippen molar-refractivity contribution in [3.8, 4) is 0 Å². The Bertz CT molecular complexity index is 132. The number of nitrogens with two attached hydrogens (primary N) is 1. The summed E-state index contributed by atoms with van der Waals surface area (Å²) in [6.45, 7) is 8.31. The van der Waals surface area contributed by atoms with E-state index in [0.29, 0.717) is 12.0 Å². The second-order valence-electron chi connectivity index (χ2n) is 4.30. The maximum Gasteiger partial charge on any atom is 0.0520 e. The van der Waals surface area contributed by atoms with Gasteiger partial charge in [0.2, 0.25) is 0 Å². The first-order valence-electron chi connectivity index (χ1n) is 4.37. The van der Waals surface area contributed by atoms with Crippen molar-refractivity contribution in [1.29, 1.82) is 0 Å². The summed E-state index contributed by atoms with van der Waals surface area (Å²) in [6.07, 6.45) is 1.12. The van der Waals surface area contributed by atoms with E-state index in [0.717, 1.165) is 19.6 Å². The molecule has 66 valence electrons. The van der Waals surface area contributed by atoms with Crippen LogP contribution in [0.2, 0.25) is 0 Å². The zero-order chi connectivity index (χ0) is 8.48. The van der Waals surface area contributed by atoms with E-state index in [2.05, 4.69) is 20.8 Å². The van der Waals surface area contributed by atoms with E-state index in [1.165, 1.54) is 0 Å². The summed E-state index contributed by atoms with van der Waals surface area (Å²) in [6, 6.07) is 0.300. The highest BCUT2D eigenvalue weighted by Crippen LogP contribution is 2.34. The van der Waals surface area contributed by atoms with E-state index in [1.807, 2.05) is 0 Å². The SMILES string of the molecule is CC(N)C1CCOCC1(C)C. The number of rotatable bonds is 1. The fourth-order valence-electron chi connectivity index (χ4n) is 2.02. The van der Waals surface area contributed by atoms with Gasteiger partial charge in [-0.15, -0.1) is 0 Å². The molecular formula is C9H19NO. The summed E-state index contributed by atoms with van der Waals surface area (Å²) in [7, 11) is 0. The van der Waals surface area contributed by atoms with Crippen LogP contribution in [0.15, 0.2) is 0 Å². The molecule has 0 radical (unpaired) electrons. The van der Waals surface area contributed by atoms with E-state index < -0.39 is 0 Å². The van der Waals surface area contributed by atoms with Gasteiger partial charge in [0, 0.05) is 12.6 Å². The molecule has 2 nitrogen and oxygen atoms in total. The van der Waals surface area contributed by atoms with Crippen molar-refractivity contribution in [2.45, 2.75) is 33.2 Å². The predicted molar refractivity (Wildman–Crippen MR) is 46.4 cm³/mol. The van der Waals surface area contributed by atoms with Crippen LogP contribution in [0.5, 0.6) is 0 Å². The smallest absolute Gasteiger partial charge is 0.0520 e. The summed E-state index contributed by atoms with van der Waals surface area (Å²) < 4.78 is 5.41. The molecule has 0 aromatic rings. The van der Waals surface area contributed by atoms with E-state index in [4.69, 9.17) is 10.5 Å².